The van der Waals surface area contributed by atoms with Crippen LogP contribution in [0.2, 0.25) is 0 Å². The van der Waals surface area contributed by atoms with Crippen LogP contribution in [0.3, 0.4) is 0 Å². The van der Waals surface area contributed by atoms with Crippen LogP contribution in [0.4, 0.5) is 11.5 Å². The quantitative estimate of drug-likeness (QED) is 0.741. The Morgan fingerprint density at radius 3 is 2.81 bits per heavy atom. The zero-order valence-electron chi connectivity index (χ0n) is 12.2. The van der Waals surface area contributed by atoms with Crippen LogP contribution in [-0.4, -0.2) is 26.3 Å². The molecule has 0 spiro atoms. The van der Waals surface area contributed by atoms with Crippen molar-refractivity contribution in [2.24, 2.45) is 7.05 Å². The fraction of sp³-hybridized carbons (Fsp3) is 0.267. The van der Waals surface area contributed by atoms with Gasteiger partial charge >= 0.3 is 0 Å². The van der Waals surface area contributed by atoms with Crippen LogP contribution in [0.1, 0.15) is 12.5 Å². The Kier molecular flexibility index (Phi) is 3.43. The number of fused-ring (bicyclic) bond motifs is 1. The van der Waals surface area contributed by atoms with Gasteiger partial charge in [-0.3, -0.25) is 4.68 Å². The summed E-state index contributed by atoms with van der Waals surface area (Å²) in [5, 5.41) is 5.22. The number of hydrogen-bond donors (Lipinski definition) is 1. The fourth-order valence-corrected chi connectivity index (χ4v) is 2.42. The number of hydrogen-bond acceptors (Lipinski definition) is 5. The van der Waals surface area contributed by atoms with Crippen molar-refractivity contribution < 1.29 is 0 Å². The van der Waals surface area contributed by atoms with E-state index in [0.717, 1.165) is 34.6 Å². The number of nitrogens with two attached hydrogens (primary N) is 1. The first-order chi connectivity index (χ1) is 10.2. The zero-order chi connectivity index (χ0) is 14.8. The first-order valence-corrected chi connectivity index (χ1v) is 6.91. The molecular formula is C15H18N6. The second-order valence-electron chi connectivity index (χ2n) is 4.92. The van der Waals surface area contributed by atoms with Crippen LogP contribution in [0.5, 0.6) is 0 Å². The maximum Gasteiger partial charge on any atom is 0.163 e. The summed E-state index contributed by atoms with van der Waals surface area (Å²) in [5.74, 6) is 0.888. The molecule has 0 aliphatic rings. The van der Waals surface area contributed by atoms with E-state index in [1.807, 2.05) is 37.5 Å². The lowest BCUT2D eigenvalue weighted by atomic mass is 10.1. The summed E-state index contributed by atoms with van der Waals surface area (Å²) in [6.07, 6.45) is 3.39. The van der Waals surface area contributed by atoms with Crippen LogP contribution in [-0.2, 0) is 13.6 Å². The number of anilines is 2. The minimum Gasteiger partial charge on any atom is -0.398 e. The summed E-state index contributed by atoms with van der Waals surface area (Å²) in [7, 11) is 1.88. The van der Waals surface area contributed by atoms with Crippen molar-refractivity contribution in [2.75, 3.05) is 17.2 Å². The van der Waals surface area contributed by atoms with Gasteiger partial charge in [0.2, 0.25) is 0 Å². The normalized spacial score (nSPS) is 11.0. The fourth-order valence-electron chi connectivity index (χ4n) is 2.42. The molecule has 0 atom stereocenters. The molecule has 0 saturated heterocycles. The molecule has 0 radical (unpaired) electrons. The molecule has 0 fully saturated rings. The van der Waals surface area contributed by atoms with E-state index in [1.165, 1.54) is 0 Å². The molecule has 2 N–H and O–H groups in total. The summed E-state index contributed by atoms with van der Waals surface area (Å²) >= 11 is 0. The highest BCUT2D eigenvalue weighted by Crippen LogP contribution is 2.24. The van der Waals surface area contributed by atoms with Crippen molar-refractivity contribution in [3.8, 4) is 0 Å². The lowest BCUT2D eigenvalue weighted by molar-refractivity contribution is 0.783. The molecule has 0 bridgehead atoms. The van der Waals surface area contributed by atoms with Crippen molar-refractivity contribution in [3.05, 3.63) is 42.4 Å². The molecule has 0 unspecified atom stereocenters. The number of nitrogen functional groups attached to an aromatic ring is 1. The Bertz CT molecular complexity index is 764. The Labute approximate surface area is 123 Å². The molecule has 0 amide bonds. The number of nitrogens with zero attached hydrogens (tertiary/aromatic N) is 5. The molecule has 21 heavy (non-hydrogen) atoms. The average Bonchev–Trinajstić information content (AvgIpc) is 2.88. The zero-order valence-corrected chi connectivity index (χ0v) is 12.2. The molecule has 0 saturated carbocycles. The van der Waals surface area contributed by atoms with Gasteiger partial charge in [0.1, 0.15) is 12.1 Å². The van der Waals surface area contributed by atoms with Gasteiger partial charge in [0.05, 0.1) is 11.6 Å². The third-order valence-electron chi connectivity index (χ3n) is 3.61. The van der Waals surface area contributed by atoms with Gasteiger partial charge < -0.3 is 10.6 Å². The minimum absolute atomic E-state index is 0.712. The number of para-hydroxylation sites is 1. The topological polar surface area (TPSA) is 72.9 Å². The van der Waals surface area contributed by atoms with Gasteiger partial charge in [0, 0.05) is 25.8 Å². The molecule has 2 heterocycles. The molecule has 6 nitrogen and oxygen atoms in total. The van der Waals surface area contributed by atoms with E-state index in [-0.39, 0.29) is 0 Å². The van der Waals surface area contributed by atoms with Gasteiger partial charge in [-0.05, 0) is 18.6 Å². The first kappa shape index (κ1) is 13.4. The molecule has 0 aliphatic carbocycles. The van der Waals surface area contributed by atoms with Gasteiger partial charge in [-0.2, -0.15) is 5.10 Å². The molecule has 3 aromatic rings. The lowest BCUT2D eigenvalue weighted by Crippen LogP contribution is -2.24. The van der Waals surface area contributed by atoms with Gasteiger partial charge in [-0.1, -0.05) is 18.2 Å². The predicted octanol–water partition coefficient (Wildman–Crippen LogP) is 1.97. The Hall–Kier alpha value is -2.63. The van der Waals surface area contributed by atoms with Crippen LogP contribution < -0.4 is 10.6 Å². The molecule has 108 valence electrons. The first-order valence-electron chi connectivity index (χ1n) is 6.91. The van der Waals surface area contributed by atoms with Crippen molar-refractivity contribution >= 4 is 22.5 Å². The monoisotopic (exact) mass is 282 g/mol. The van der Waals surface area contributed by atoms with Crippen LogP contribution >= 0.6 is 0 Å². The van der Waals surface area contributed by atoms with E-state index in [9.17, 15) is 0 Å². The molecule has 6 heteroatoms. The standard InChI is InChI=1S/C15H18N6/c1-3-21(9-11-6-4-5-7-13(11)16)15-12-8-19-20(2)14(12)17-10-18-15/h4-8,10H,3,9,16H2,1-2H3. The predicted molar refractivity (Wildman–Crippen MR) is 83.9 cm³/mol. The molecule has 1 aromatic carbocycles. The Morgan fingerprint density at radius 2 is 2.05 bits per heavy atom. The van der Waals surface area contributed by atoms with Gasteiger partial charge in [0.25, 0.3) is 0 Å². The van der Waals surface area contributed by atoms with E-state index in [2.05, 4.69) is 26.9 Å². The highest BCUT2D eigenvalue weighted by molar-refractivity contribution is 5.86. The third kappa shape index (κ3) is 2.40. The van der Waals surface area contributed by atoms with Crippen molar-refractivity contribution in [1.82, 2.24) is 19.7 Å². The lowest BCUT2D eigenvalue weighted by Gasteiger charge is -2.23. The maximum atomic E-state index is 6.04. The van der Waals surface area contributed by atoms with E-state index < -0.39 is 0 Å². The Balaban J connectivity index is 2.01. The highest BCUT2D eigenvalue weighted by atomic mass is 15.3. The van der Waals surface area contributed by atoms with Crippen LogP contribution in [0, 0.1) is 0 Å². The van der Waals surface area contributed by atoms with E-state index in [4.69, 9.17) is 5.73 Å². The van der Waals surface area contributed by atoms with E-state index >= 15 is 0 Å². The second-order valence-corrected chi connectivity index (χ2v) is 4.92. The average molecular weight is 282 g/mol. The third-order valence-corrected chi connectivity index (χ3v) is 3.61. The van der Waals surface area contributed by atoms with Gasteiger partial charge in [-0.25, -0.2) is 9.97 Å². The van der Waals surface area contributed by atoms with Crippen LogP contribution in [0.25, 0.3) is 11.0 Å². The smallest absolute Gasteiger partial charge is 0.163 e. The number of rotatable bonds is 4. The van der Waals surface area contributed by atoms with Crippen LogP contribution in [0.15, 0.2) is 36.8 Å². The SMILES string of the molecule is CCN(Cc1ccccc1N)c1ncnc2c1cnn2C. The number of aromatic nitrogens is 4. The molecule has 3 rings (SSSR count). The number of aryl methyl sites for hydroxylation is 1. The van der Waals surface area contributed by atoms with Gasteiger partial charge in [0.15, 0.2) is 5.65 Å². The van der Waals surface area contributed by atoms with Gasteiger partial charge in [-0.15, -0.1) is 0 Å². The van der Waals surface area contributed by atoms with Crippen molar-refractivity contribution in [2.45, 2.75) is 13.5 Å². The van der Waals surface area contributed by atoms with E-state index in [1.54, 1.807) is 11.0 Å². The second kappa shape index (κ2) is 5.40. The minimum atomic E-state index is 0.712. The molecule has 0 aliphatic heterocycles. The van der Waals surface area contributed by atoms with Crippen molar-refractivity contribution in [1.29, 1.82) is 0 Å². The molecular weight excluding hydrogens is 264 g/mol. The highest BCUT2D eigenvalue weighted by Gasteiger charge is 2.14. The maximum absolute atomic E-state index is 6.04. The Morgan fingerprint density at radius 1 is 1.24 bits per heavy atom. The summed E-state index contributed by atoms with van der Waals surface area (Å²) < 4.78 is 1.76. The summed E-state index contributed by atoms with van der Waals surface area (Å²) in [5.41, 5.74) is 8.77. The summed E-state index contributed by atoms with van der Waals surface area (Å²) in [6.45, 7) is 3.64. The molecule has 2 aromatic heterocycles. The summed E-state index contributed by atoms with van der Waals surface area (Å²) in [4.78, 5) is 10.9. The summed E-state index contributed by atoms with van der Waals surface area (Å²) in [6, 6.07) is 7.90. The van der Waals surface area contributed by atoms with E-state index in [0.29, 0.717) is 6.54 Å². The van der Waals surface area contributed by atoms with Crippen molar-refractivity contribution in [3.63, 3.8) is 0 Å². The largest absolute Gasteiger partial charge is 0.398 e. The number of benzene rings is 1.